The first kappa shape index (κ1) is 23.6. The predicted molar refractivity (Wildman–Crippen MR) is 141 cm³/mol. The molecule has 2 aromatic heterocycles. The molecule has 6 rings (SSSR count). The highest BCUT2D eigenvalue weighted by Gasteiger charge is 2.30. The minimum Gasteiger partial charge on any atom is -0.486 e. The third-order valence-corrected chi connectivity index (χ3v) is 8.82. The van der Waals surface area contributed by atoms with E-state index in [-0.39, 0.29) is 23.5 Å². The Morgan fingerprint density at radius 2 is 1.73 bits per heavy atom. The van der Waals surface area contributed by atoms with E-state index in [4.69, 9.17) is 9.47 Å². The van der Waals surface area contributed by atoms with Crippen molar-refractivity contribution < 1.29 is 17.9 Å². The summed E-state index contributed by atoms with van der Waals surface area (Å²) < 4.78 is 49.4. The zero-order valence-electron chi connectivity index (χ0n) is 19.8. The van der Waals surface area contributed by atoms with Crippen LogP contribution in [0.25, 0.3) is 21.9 Å². The molecule has 0 saturated heterocycles. The molecule has 37 heavy (non-hydrogen) atoms. The minimum absolute atomic E-state index is 0.0786. The van der Waals surface area contributed by atoms with Crippen LogP contribution >= 0.6 is 11.7 Å². The molecule has 0 unspecified atom stereocenters. The summed E-state index contributed by atoms with van der Waals surface area (Å²) in [5.41, 5.74) is 2.74. The smallest absolute Gasteiger partial charge is 0.252 e. The first-order valence-electron chi connectivity index (χ1n) is 11.6. The number of ether oxygens (including phenoxy) is 2. The number of nitrogens with zero attached hydrogens (tertiary/aromatic N) is 3. The number of aromatic amines is 1. The topological polar surface area (TPSA) is 114 Å². The molecule has 0 spiro atoms. The van der Waals surface area contributed by atoms with Gasteiger partial charge in [-0.15, -0.1) is 0 Å². The minimum atomic E-state index is -4.07. The van der Waals surface area contributed by atoms with Crippen molar-refractivity contribution in [2.24, 2.45) is 0 Å². The Labute approximate surface area is 216 Å². The van der Waals surface area contributed by atoms with Crippen molar-refractivity contribution in [3.63, 3.8) is 0 Å². The van der Waals surface area contributed by atoms with E-state index in [9.17, 15) is 13.2 Å². The van der Waals surface area contributed by atoms with Crippen LogP contribution in [0.5, 0.6) is 11.5 Å². The predicted octanol–water partition coefficient (Wildman–Crippen LogP) is 4.00. The Kier molecular flexibility index (Phi) is 5.90. The fraction of sp³-hybridized carbons (Fsp3) is 0.192. The number of hydrogen-bond donors (Lipinski definition) is 1. The van der Waals surface area contributed by atoms with Gasteiger partial charge in [-0.3, -0.25) is 4.79 Å². The maximum atomic E-state index is 14.2. The normalized spacial score (nSPS) is 13.5. The van der Waals surface area contributed by atoms with Crippen LogP contribution in [0.2, 0.25) is 0 Å². The summed E-state index contributed by atoms with van der Waals surface area (Å²) in [5.74, 6) is 1.15. The van der Waals surface area contributed by atoms with Gasteiger partial charge >= 0.3 is 0 Å². The molecule has 0 saturated carbocycles. The molecular formula is C26H22N4O5S2. The second-order valence-electron chi connectivity index (χ2n) is 8.81. The molecule has 1 aliphatic rings. The van der Waals surface area contributed by atoms with Crippen molar-refractivity contribution in [2.75, 3.05) is 13.2 Å². The molecule has 9 nitrogen and oxygen atoms in total. The Morgan fingerprint density at radius 1 is 0.973 bits per heavy atom. The molecule has 3 heterocycles. The van der Waals surface area contributed by atoms with Crippen LogP contribution in [-0.2, 0) is 23.1 Å². The Hall–Kier alpha value is -3.80. The number of benzene rings is 3. The lowest BCUT2D eigenvalue weighted by Crippen LogP contribution is -2.33. The third kappa shape index (κ3) is 4.35. The average Bonchev–Trinajstić information content (AvgIpc) is 3.36. The SMILES string of the molecule is Cc1ccc2nsnc2c1S(=O)(=O)N(Cc1ccccc1)Cc1cc2cc3c(cc2[nH]c1=O)OCCO3. The standard InChI is InChI=1S/C26H22N4O5S2/c1-16-7-8-20-24(29-36-28-20)25(16)37(32,33)30(14-17-5-3-2-4-6-17)15-19-11-18-12-22-23(35-10-9-34-22)13-21(18)27-26(19)31/h2-8,11-13H,9-10,14-15H2,1H3,(H,27,31). The van der Waals surface area contributed by atoms with Crippen molar-refractivity contribution >= 4 is 43.7 Å². The monoisotopic (exact) mass is 534 g/mol. The zero-order chi connectivity index (χ0) is 25.6. The number of fused-ring (bicyclic) bond motifs is 3. The molecule has 188 valence electrons. The van der Waals surface area contributed by atoms with Crippen LogP contribution < -0.4 is 15.0 Å². The largest absolute Gasteiger partial charge is 0.486 e. The zero-order valence-corrected chi connectivity index (χ0v) is 21.4. The van der Waals surface area contributed by atoms with Gasteiger partial charge in [0.25, 0.3) is 5.56 Å². The van der Waals surface area contributed by atoms with Crippen LogP contribution in [0.3, 0.4) is 0 Å². The van der Waals surface area contributed by atoms with Crippen LogP contribution in [-0.4, -0.2) is 39.7 Å². The van der Waals surface area contributed by atoms with Gasteiger partial charge in [-0.25, -0.2) is 8.42 Å². The number of sulfonamides is 1. The lowest BCUT2D eigenvalue weighted by molar-refractivity contribution is 0.172. The van der Waals surface area contributed by atoms with Crippen LogP contribution in [0.4, 0.5) is 0 Å². The van der Waals surface area contributed by atoms with Crippen LogP contribution in [0.15, 0.2) is 70.4 Å². The summed E-state index contributed by atoms with van der Waals surface area (Å²) in [6.45, 7) is 2.56. The Bertz CT molecular complexity index is 1800. The van der Waals surface area contributed by atoms with Crippen LogP contribution in [0, 0.1) is 6.92 Å². The number of nitrogens with one attached hydrogen (secondary N) is 1. The molecule has 0 radical (unpaired) electrons. The number of pyridine rings is 1. The van der Waals surface area contributed by atoms with Gasteiger partial charge in [0.15, 0.2) is 11.5 Å². The Morgan fingerprint density at radius 3 is 2.51 bits per heavy atom. The average molecular weight is 535 g/mol. The van der Waals surface area contributed by atoms with E-state index in [1.165, 1.54) is 4.31 Å². The fourth-order valence-electron chi connectivity index (χ4n) is 4.49. The van der Waals surface area contributed by atoms with E-state index in [1.54, 1.807) is 37.3 Å². The highest BCUT2D eigenvalue weighted by atomic mass is 32.2. The number of H-pyrrole nitrogens is 1. The lowest BCUT2D eigenvalue weighted by atomic mass is 10.1. The molecule has 1 aliphatic heterocycles. The summed E-state index contributed by atoms with van der Waals surface area (Å²) in [4.78, 5) is 16.1. The number of aromatic nitrogens is 3. The van der Waals surface area contributed by atoms with E-state index in [2.05, 4.69) is 13.7 Å². The second kappa shape index (κ2) is 9.25. The van der Waals surface area contributed by atoms with Crippen molar-refractivity contribution in [1.82, 2.24) is 18.0 Å². The first-order valence-corrected chi connectivity index (χ1v) is 13.8. The molecule has 1 N–H and O–H groups in total. The first-order chi connectivity index (χ1) is 17.9. The summed E-state index contributed by atoms with van der Waals surface area (Å²) >= 11 is 0.967. The quantitative estimate of drug-likeness (QED) is 0.350. The molecule has 0 amide bonds. The van der Waals surface area contributed by atoms with Crippen molar-refractivity contribution in [1.29, 1.82) is 0 Å². The molecule has 0 atom stereocenters. The van der Waals surface area contributed by atoms with Gasteiger partial charge < -0.3 is 14.5 Å². The van der Waals surface area contributed by atoms with Gasteiger partial charge in [0.1, 0.15) is 29.1 Å². The molecule has 0 aliphatic carbocycles. The molecule has 3 aromatic carbocycles. The maximum Gasteiger partial charge on any atom is 0.252 e. The van der Waals surface area contributed by atoms with E-state index in [0.717, 1.165) is 22.7 Å². The molecular weight excluding hydrogens is 512 g/mol. The molecule has 11 heteroatoms. The van der Waals surface area contributed by atoms with Crippen molar-refractivity contribution in [3.8, 4) is 11.5 Å². The van der Waals surface area contributed by atoms with E-state index >= 15 is 0 Å². The number of hydrogen-bond acceptors (Lipinski definition) is 8. The van der Waals surface area contributed by atoms with Gasteiger partial charge in [-0.1, -0.05) is 36.4 Å². The highest BCUT2D eigenvalue weighted by molar-refractivity contribution is 7.89. The maximum absolute atomic E-state index is 14.2. The third-order valence-electron chi connectivity index (χ3n) is 6.31. The van der Waals surface area contributed by atoms with Gasteiger partial charge in [0, 0.05) is 30.1 Å². The number of aryl methyl sites for hydroxylation is 1. The summed E-state index contributed by atoms with van der Waals surface area (Å²) in [7, 11) is -4.07. The van der Waals surface area contributed by atoms with E-state index in [0.29, 0.717) is 52.4 Å². The van der Waals surface area contributed by atoms with Crippen molar-refractivity contribution in [3.05, 3.63) is 87.7 Å². The van der Waals surface area contributed by atoms with Crippen LogP contribution in [0.1, 0.15) is 16.7 Å². The number of rotatable bonds is 6. The summed E-state index contributed by atoms with van der Waals surface area (Å²) in [6, 6.07) is 18.0. The van der Waals surface area contributed by atoms with Crippen molar-refractivity contribution in [2.45, 2.75) is 24.9 Å². The van der Waals surface area contributed by atoms with Gasteiger partial charge in [-0.05, 0) is 36.2 Å². The van der Waals surface area contributed by atoms with E-state index in [1.807, 2.05) is 30.3 Å². The van der Waals surface area contributed by atoms with E-state index < -0.39 is 10.0 Å². The second-order valence-corrected chi connectivity index (χ2v) is 11.2. The highest BCUT2D eigenvalue weighted by Crippen LogP contribution is 2.34. The summed E-state index contributed by atoms with van der Waals surface area (Å²) in [5, 5.41) is 0.720. The van der Waals surface area contributed by atoms with Gasteiger partial charge in [0.05, 0.1) is 17.2 Å². The van der Waals surface area contributed by atoms with Gasteiger partial charge in [-0.2, -0.15) is 13.1 Å². The molecule has 0 fully saturated rings. The van der Waals surface area contributed by atoms with Gasteiger partial charge in [0.2, 0.25) is 10.0 Å². The molecule has 0 bridgehead atoms. The lowest BCUT2D eigenvalue weighted by Gasteiger charge is -2.24. The molecule has 5 aromatic rings. The fourth-order valence-corrected chi connectivity index (χ4v) is 6.85. The summed E-state index contributed by atoms with van der Waals surface area (Å²) in [6.07, 6.45) is 0. The Balaban J connectivity index is 1.46.